The van der Waals surface area contributed by atoms with Crippen LogP contribution in [0.3, 0.4) is 0 Å². The number of allylic oxidation sites excluding steroid dienone is 1. The maximum Gasteiger partial charge on any atom is 0.184 e. The second-order valence-corrected chi connectivity index (χ2v) is 11.0. The zero-order valence-corrected chi connectivity index (χ0v) is 13.2. The van der Waals surface area contributed by atoms with Crippen LogP contribution in [0, 0.1) is 5.92 Å². The molecule has 0 aromatic rings. The Labute approximate surface area is 111 Å². The van der Waals surface area contributed by atoms with E-state index in [2.05, 4.69) is 50.1 Å². The molecule has 0 bridgehead atoms. The first-order valence-corrected chi connectivity index (χ1v) is 9.98. The Morgan fingerprint density at radius 1 is 1.50 bits per heavy atom. The molecule has 0 heterocycles. The third-order valence-corrected chi connectivity index (χ3v) is 4.71. The lowest BCUT2D eigenvalue weighted by atomic mass is 9.74. The zero-order valence-electron chi connectivity index (χ0n) is 12.2. The van der Waals surface area contributed by atoms with Gasteiger partial charge >= 0.3 is 0 Å². The van der Waals surface area contributed by atoms with E-state index in [1.165, 1.54) is 5.57 Å². The van der Waals surface area contributed by atoms with Gasteiger partial charge in [-0.25, -0.2) is 0 Å². The lowest BCUT2D eigenvalue weighted by Crippen LogP contribution is -2.51. The molecule has 0 spiro atoms. The zero-order chi connectivity index (χ0) is 14.0. The molecule has 1 fully saturated rings. The minimum atomic E-state index is -1.64. The largest absolute Gasteiger partial charge is 0.412 e. The first-order chi connectivity index (χ1) is 8.18. The maximum atomic E-state index is 8.77. The van der Waals surface area contributed by atoms with Crippen LogP contribution in [-0.4, -0.2) is 20.0 Å². The first-order valence-electron chi connectivity index (χ1n) is 6.58. The van der Waals surface area contributed by atoms with E-state index in [0.29, 0.717) is 5.92 Å². The van der Waals surface area contributed by atoms with Gasteiger partial charge in [-0.15, -0.1) is 0 Å². The summed E-state index contributed by atoms with van der Waals surface area (Å²) in [6.45, 7) is 14.7. The molecule has 1 aliphatic rings. The van der Waals surface area contributed by atoms with Crippen molar-refractivity contribution in [1.29, 1.82) is 0 Å². The normalized spacial score (nSPS) is 32.7. The molecule has 4 nitrogen and oxygen atoms in total. The first kappa shape index (κ1) is 15.3. The van der Waals surface area contributed by atoms with Crippen LogP contribution in [0.15, 0.2) is 17.3 Å². The highest BCUT2D eigenvalue weighted by atomic mass is 28.4. The third-order valence-electron chi connectivity index (χ3n) is 3.63. The number of nitrogens with zero attached hydrogens (tertiary/aromatic N) is 3. The van der Waals surface area contributed by atoms with Gasteiger partial charge in [0.25, 0.3) is 0 Å². The predicted octanol–water partition coefficient (Wildman–Crippen LogP) is 4.65. The summed E-state index contributed by atoms with van der Waals surface area (Å²) < 4.78 is 6.30. The van der Waals surface area contributed by atoms with E-state index < -0.39 is 8.32 Å². The van der Waals surface area contributed by atoms with E-state index in [1.54, 1.807) is 0 Å². The second kappa shape index (κ2) is 5.47. The SMILES string of the molecule is C=C(C)[C@@H]1CC[C@](C)(O[Si](C)(C)C)[C@@H](N=[N+]=[N-])C1. The molecule has 0 radical (unpaired) electrons. The molecular formula is C13H25N3OSi. The summed E-state index contributed by atoms with van der Waals surface area (Å²) in [5.41, 5.74) is 9.65. The molecule has 3 atom stereocenters. The van der Waals surface area contributed by atoms with Gasteiger partial charge in [-0.3, -0.25) is 0 Å². The van der Waals surface area contributed by atoms with E-state index in [-0.39, 0.29) is 11.6 Å². The van der Waals surface area contributed by atoms with Gasteiger partial charge in [0.15, 0.2) is 8.32 Å². The van der Waals surface area contributed by atoms with Crippen LogP contribution >= 0.6 is 0 Å². The molecule has 0 aromatic carbocycles. The molecule has 1 rings (SSSR count). The summed E-state index contributed by atoms with van der Waals surface area (Å²) in [6, 6.07) is -0.0790. The van der Waals surface area contributed by atoms with Crippen molar-refractivity contribution in [3.8, 4) is 0 Å². The van der Waals surface area contributed by atoms with Gasteiger partial charge in [-0.1, -0.05) is 17.3 Å². The molecule has 5 heteroatoms. The second-order valence-electron chi connectivity index (χ2n) is 6.57. The molecule has 0 aromatic heterocycles. The van der Waals surface area contributed by atoms with Crippen LogP contribution in [0.4, 0.5) is 0 Å². The van der Waals surface area contributed by atoms with Crippen LogP contribution < -0.4 is 0 Å². The van der Waals surface area contributed by atoms with Crippen molar-refractivity contribution in [2.45, 2.75) is 64.4 Å². The lowest BCUT2D eigenvalue weighted by Gasteiger charge is -2.45. The minimum absolute atomic E-state index is 0.0790. The lowest BCUT2D eigenvalue weighted by molar-refractivity contribution is 0.0110. The molecule has 18 heavy (non-hydrogen) atoms. The Balaban J connectivity index is 2.91. The Bertz CT molecular complexity index is 371. The summed E-state index contributed by atoms with van der Waals surface area (Å²) in [4.78, 5) is 3.01. The van der Waals surface area contributed by atoms with Crippen molar-refractivity contribution in [2.75, 3.05) is 0 Å². The third kappa shape index (κ3) is 3.87. The van der Waals surface area contributed by atoms with Crippen LogP contribution in [0.25, 0.3) is 10.4 Å². The highest BCUT2D eigenvalue weighted by Gasteiger charge is 2.43. The van der Waals surface area contributed by atoms with Crippen molar-refractivity contribution in [2.24, 2.45) is 11.0 Å². The fourth-order valence-electron chi connectivity index (χ4n) is 2.76. The number of azide groups is 1. The topological polar surface area (TPSA) is 58.0 Å². The van der Waals surface area contributed by atoms with Crippen LogP contribution in [0.1, 0.15) is 33.1 Å². The van der Waals surface area contributed by atoms with Gasteiger partial charge in [0.05, 0.1) is 11.6 Å². The number of hydrogen-bond donors (Lipinski definition) is 0. The van der Waals surface area contributed by atoms with Gasteiger partial charge in [-0.2, -0.15) is 0 Å². The number of hydrogen-bond acceptors (Lipinski definition) is 2. The fraction of sp³-hybridized carbons (Fsp3) is 0.846. The standard InChI is InChI=1S/C13H25N3OSi/c1-10(2)11-7-8-13(3,17-18(4,5)6)12(9-11)15-16-14/h11-12H,1,7-9H2,2-6H3/t11-,12+,13+/m1/s1. The van der Waals surface area contributed by atoms with E-state index in [0.717, 1.165) is 19.3 Å². The monoisotopic (exact) mass is 267 g/mol. The molecule has 1 aliphatic carbocycles. The van der Waals surface area contributed by atoms with Crippen molar-refractivity contribution < 1.29 is 4.43 Å². The summed E-state index contributed by atoms with van der Waals surface area (Å²) in [5.74, 6) is 0.457. The van der Waals surface area contributed by atoms with Crippen molar-refractivity contribution in [3.05, 3.63) is 22.6 Å². The number of rotatable bonds is 4. The van der Waals surface area contributed by atoms with E-state index in [1.807, 2.05) is 0 Å². The Hall–Kier alpha value is -0.773. The highest BCUT2D eigenvalue weighted by Crippen LogP contribution is 2.40. The highest BCUT2D eigenvalue weighted by molar-refractivity contribution is 6.69. The van der Waals surface area contributed by atoms with Gasteiger partial charge in [0.1, 0.15) is 0 Å². The van der Waals surface area contributed by atoms with Crippen LogP contribution in [0.2, 0.25) is 19.6 Å². The van der Waals surface area contributed by atoms with Crippen molar-refractivity contribution >= 4 is 8.32 Å². The van der Waals surface area contributed by atoms with Gasteiger partial charge < -0.3 is 4.43 Å². The van der Waals surface area contributed by atoms with E-state index in [9.17, 15) is 0 Å². The summed E-state index contributed by atoms with van der Waals surface area (Å²) >= 11 is 0. The Morgan fingerprint density at radius 2 is 2.11 bits per heavy atom. The molecule has 1 saturated carbocycles. The quantitative estimate of drug-likeness (QED) is 0.240. The van der Waals surface area contributed by atoms with Gasteiger partial charge in [0, 0.05) is 4.91 Å². The van der Waals surface area contributed by atoms with Crippen LogP contribution in [0.5, 0.6) is 0 Å². The maximum absolute atomic E-state index is 8.77. The molecule has 0 N–H and O–H groups in total. The predicted molar refractivity (Wildman–Crippen MR) is 77.9 cm³/mol. The smallest absolute Gasteiger partial charge is 0.184 e. The van der Waals surface area contributed by atoms with Crippen LogP contribution in [-0.2, 0) is 4.43 Å². The average Bonchev–Trinajstić information content (AvgIpc) is 2.18. The summed E-state index contributed by atoms with van der Waals surface area (Å²) in [5, 5.41) is 3.99. The molecular weight excluding hydrogens is 242 g/mol. The fourth-order valence-corrected chi connectivity index (χ4v) is 4.40. The van der Waals surface area contributed by atoms with E-state index >= 15 is 0 Å². The Morgan fingerprint density at radius 3 is 2.56 bits per heavy atom. The average molecular weight is 267 g/mol. The molecule has 0 unspecified atom stereocenters. The Kier molecular flexibility index (Phi) is 4.64. The molecule has 102 valence electrons. The van der Waals surface area contributed by atoms with Crippen molar-refractivity contribution in [3.63, 3.8) is 0 Å². The molecule has 0 amide bonds. The molecule has 0 aliphatic heterocycles. The van der Waals surface area contributed by atoms with E-state index in [4.69, 9.17) is 9.96 Å². The summed E-state index contributed by atoms with van der Waals surface area (Å²) in [6.07, 6.45) is 2.88. The van der Waals surface area contributed by atoms with Gasteiger partial charge in [0.2, 0.25) is 0 Å². The van der Waals surface area contributed by atoms with Crippen molar-refractivity contribution in [1.82, 2.24) is 0 Å². The van der Waals surface area contributed by atoms with Gasteiger partial charge in [-0.05, 0) is 64.2 Å². The minimum Gasteiger partial charge on any atom is -0.412 e. The summed E-state index contributed by atoms with van der Waals surface area (Å²) in [7, 11) is -1.64. The molecule has 0 saturated heterocycles.